The number of thiophene rings is 1. The van der Waals surface area contributed by atoms with Crippen molar-refractivity contribution in [1.29, 1.82) is 0 Å². The lowest BCUT2D eigenvalue weighted by molar-refractivity contribution is 0.536. The third-order valence-electron chi connectivity index (χ3n) is 2.82. The van der Waals surface area contributed by atoms with Crippen LogP contribution in [0.15, 0.2) is 28.1 Å². The van der Waals surface area contributed by atoms with E-state index in [2.05, 4.69) is 21.2 Å². The number of hydrogen-bond donors (Lipinski definition) is 1. The van der Waals surface area contributed by atoms with Gasteiger partial charge in [-0.15, -0.1) is 11.3 Å². The van der Waals surface area contributed by atoms with E-state index in [0.717, 1.165) is 27.7 Å². The van der Waals surface area contributed by atoms with Crippen molar-refractivity contribution in [2.24, 2.45) is 0 Å². The minimum atomic E-state index is -0.578. The monoisotopic (exact) mass is 379 g/mol. The Hall–Kier alpha value is -0.490. The standard InChI is InChI=1S/C14H13BrClF2NS/c1-2-5-19-13(12-7-10(16)14(15)20-12)9-4-3-8(17)6-11(9)18/h3-4,6-7,13,19H,2,5H2,1H3. The summed E-state index contributed by atoms with van der Waals surface area (Å²) >= 11 is 10.8. The van der Waals surface area contributed by atoms with Gasteiger partial charge >= 0.3 is 0 Å². The first-order valence-electron chi connectivity index (χ1n) is 6.16. The third-order valence-corrected chi connectivity index (χ3v) is 5.36. The van der Waals surface area contributed by atoms with Crippen LogP contribution in [-0.2, 0) is 0 Å². The van der Waals surface area contributed by atoms with Crippen molar-refractivity contribution in [2.75, 3.05) is 6.54 Å². The Kier molecular flexibility index (Phi) is 5.55. The normalized spacial score (nSPS) is 12.7. The first-order chi connectivity index (χ1) is 9.52. The van der Waals surface area contributed by atoms with Crippen LogP contribution in [0.1, 0.15) is 29.8 Å². The van der Waals surface area contributed by atoms with Crippen molar-refractivity contribution in [1.82, 2.24) is 5.32 Å². The third kappa shape index (κ3) is 3.58. The molecule has 0 bridgehead atoms. The number of halogens is 4. The van der Waals surface area contributed by atoms with Crippen molar-refractivity contribution < 1.29 is 8.78 Å². The topological polar surface area (TPSA) is 12.0 Å². The molecule has 6 heteroatoms. The summed E-state index contributed by atoms with van der Waals surface area (Å²) in [5, 5.41) is 3.86. The summed E-state index contributed by atoms with van der Waals surface area (Å²) in [4.78, 5) is 0.890. The Balaban J connectivity index is 2.41. The maximum Gasteiger partial charge on any atom is 0.131 e. The first-order valence-corrected chi connectivity index (χ1v) is 8.14. The molecule has 2 rings (SSSR count). The van der Waals surface area contributed by atoms with Crippen molar-refractivity contribution in [3.63, 3.8) is 0 Å². The average Bonchev–Trinajstić information content (AvgIpc) is 2.72. The van der Waals surface area contributed by atoms with Gasteiger partial charge in [-0.2, -0.15) is 0 Å². The van der Waals surface area contributed by atoms with Gasteiger partial charge in [-0.1, -0.05) is 24.6 Å². The van der Waals surface area contributed by atoms with Crippen molar-refractivity contribution in [3.05, 3.63) is 55.1 Å². The molecule has 0 saturated heterocycles. The van der Waals surface area contributed by atoms with E-state index in [1.165, 1.54) is 23.5 Å². The molecule has 0 spiro atoms. The van der Waals surface area contributed by atoms with Gasteiger partial charge in [0.1, 0.15) is 11.6 Å². The summed E-state index contributed by atoms with van der Waals surface area (Å²) in [6.45, 7) is 2.76. The highest BCUT2D eigenvalue weighted by Gasteiger charge is 2.20. The van der Waals surface area contributed by atoms with Gasteiger partial charge in [-0.25, -0.2) is 8.78 Å². The summed E-state index contributed by atoms with van der Waals surface area (Å²) in [7, 11) is 0. The molecule has 1 aromatic heterocycles. The SMILES string of the molecule is CCCNC(c1cc(Cl)c(Br)s1)c1ccc(F)cc1F. The molecule has 0 aliphatic rings. The van der Waals surface area contributed by atoms with Crippen LogP contribution in [0.4, 0.5) is 8.78 Å². The Morgan fingerprint density at radius 1 is 1.35 bits per heavy atom. The maximum absolute atomic E-state index is 14.0. The molecule has 1 nitrogen and oxygen atoms in total. The van der Waals surface area contributed by atoms with Gasteiger partial charge in [-0.05, 0) is 41.0 Å². The van der Waals surface area contributed by atoms with Crippen molar-refractivity contribution >= 4 is 38.9 Å². The molecule has 108 valence electrons. The molecule has 0 saturated carbocycles. The van der Waals surface area contributed by atoms with Crippen LogP contribution in [-0.4, -0.2) is 6.54 Å². The minimum absolute atomic E-state index is 0.329. The second kappa shape index (κ2) is 6.98. The number of benzene rings is 1. The number of nitrogens with one attached hydrogen (secondary N) is 1. The van der Waals surface area contributed by atoms with Crippen LogP contribution in [0.25, 0.3) is 0 Å². The van der Waals surface area contributed by atoms with Gasteiger partial charge in [0.15, 0.2) is 0 Å². The molecule has 1 heterocycles. The van der Waals surface area contributed by atoms with E-state index in [0.29, 0.717) is 10.6 Å². The summed E-state index contributed by atoms with van der Waals surface area (Å²) < 4.78 is 27.9. The van der Waals surface area contributed by atoms with Gasteiger partial charge in [0.25, 0.3) is 0 Å². The fraction of sp³-hybridized carbons (Fsp3) is 0.286. The Bertz CT molecular complexity index is 583. The smallest absolute Gasteiger partial charge is 0.131 e. The number of hydrogen-bond acceptors (Lipinski definition) is 2. The molecule has 1 aromatic carbocycles. The van der Waals surface area contributed by atoms with E-state index < -0.39 is 11.6 Å². The lowest BCUT2D eigenvalue weighted by atomic mass is 10.0. The van der Waals surface area contributed by atoms with Crippen LogP contribution >= 0.6 is 38.9 Å². The fourth-order valence-electron chi connectivity index (χ4n) is 1.89. The lowest BCUT2D eigenvalue weighted by Gasteiger charge is -2.18. The van der Waals surface area contributed by atoms with Gasteiger partial charge in [0.2, 0.25) is 0 Å². The first kappa shape index (κ1) is 15.9. The Morgan fingerprint density at radius 3 is 2.65 bits per heavy atom. The highest BCUT2D eigenvalue weighted by atomic mass is 79.9. The molecule has 1 atom stereocenters. The summed E-state index contributed by atoms with van der Waals surface area (Å²) in [6.07, 6.45) is 0.916. The number of rotatable bonds is 5. The average molecular weight is 381 g/mol. The Morgan fingerprint density at radius 2 is 2.10 bits per heavy atom. The van der Waals surface area contributed by atoms with Crippen LogP contribution in [0.5, 0.6) is 0 Å². The molecule has 0 aliphatic heterocycles. The second-order valence-corrected chi connectivity index (χ2v) is 7.13. The molecule has 0 aliphatic carbocycles. The van der Waals surface area contributed by atoms with Gasteiger partial charge in [0, 0.05) is 16.5 Å². The molecule has 20 heavy (non-hydrogen) atoms. The predicted molar refractivity (Wildman–Crippen MR) is 83.5 cm³/mol. The van der Waals surface area contributed by atoms with Crippen LogP contribution < -0.4 is 5.32 Å². The van der Waals surface area contributed by atoms with Gasteiger partial charge in [0.05, 0.1) is 14.9 Å². The zero-order valence-electron chi connectivity index (χ0n) is 10.7. The van der Waals surface area contributed by atoms with E-state index in [1.807, 2.05) is 6.92 Å². The minimum Gasteiger partial charge on any atom is -0.306 e. The zero-order valence-corrected chi connectivity index (χ0v) is 13.9. The molecule has 1 N–H and O–H groups in total. The van der Waals surface area contributed by atoms with Crippen LogP contribution in [0.2, 0.25) is 5.02 Å². The van der Waals surface area contributed by atoms with E-state index >= 15 is 0 Å². The van der Waals surface area contributed by atoms with Crippen molar-refractivity contribution in [3.8, 4) is 0 Å². The van der Waals surface area contributed by atoms with E-state index in [4.69, 9.17) is 11.6 Å². The largest absolute Gasteiger partial charge is 0.306 e. The zero-order chi connectivity index (χ0) is 14.7. The molecule has 0 fully saturated rings. The fourth-order valence-corrected chi connectivity index (χ4v) is 3.74. The Labute approximate surface area is 134 Å². The molecule has 0 radical (unpaired) electrons. The quantitative estimate of drug-likeness (QED) is 0.719. The van der Waals surface area contributed by atoms with E-state index in [-0.39, 0.29) is 6.04 Å². The predicted octanol–water partition coefficient (Wildman–Crippen LogP) is 5.53. The van der Waals surface area contributed by atoms with Gasteiger partial charge in [-0.3, -0.25) is 0 Å². The van der Waals surface area contributed by atoms with E-state index in [9.17, 15) is 8.78 Å². The maximum atomic E-state index is 14.0. The van der Waals surface area contributed by atoms with Crippen LogP contribution in [0.3, 0.4) is 0 Å². The molecule has 2 aromatic rings. The van der Waals surface area contributed by atoms with Gasteiger partial charge < -0.3 is 5.32 Å². The molecule has 0 amide bonds. The second-order valence-electron chi connectivity index (χ2n) is 4.32. The summed E-state index contributed by atoms with van der Waals surface area (Å²) in [5.74, 6) is -1.13. The lowest BCUT2D eigenvalue weighted by Crippen LogP contribution is -2.23. The summed E-state index contributed by atoms with van der Waals surface area (Å²) in [6, 6.07) is 5.11. The highest BCUT2D eigenvalue weighted by Crippen LogP contribution is 2.38. The van der Waals surface area contributed by atoms with Crippen molar-refractivity contribution in [2.45, 2.75) is 19.4 Å². The highest BCUT2D eigenvalue weighted by molar-refractivity contribution is 9.11. The summed E-state index contributed by atoms with van der Waals surface area (Å²) in [5.41, 5.74) is 0.422. The molecular formula is C14H13BrClF2NS. The molecular weight excluding hydrogens is 368 g/mol. The van der Waals surface area contributed by atoms with E-state index in [1.54, 1.807) is 6.07 Å². The van der Waals surface area contributed by atoms with Crippen LogP contribution in [0, 0.1) is 11.6 Å². The molecule has 1 unspecified atom stereocenters.